The highest BCUT2D eigenvalue weighted by molar-refractivity contribution is 6.02. The Balaban J connectivity index is 1.40. The lowest BCUT2D eigenvalue weighted by Gasteiger charge is -2.44. The Kier molecular flexibility index (Phi) is 9.81. The van der Waals surface area contributed by atoms with Crippen molar-refractivity contribution in [3.8, 4) is 11.5 Å². The van der Waals surface area contributed by atoms with Gasteiger partial charge in [-0.3, -0.25) is 9.59 Å². The van der Waals surface area contributed by atoms with Crippen LogP contribution in [0, 0.1) is 0 Å². The number of nitrogens with two attached hydrogens (primary N) is 1. The maximum Gasteiger partial charge on any atom is 0.255 e. The van der Waals surface area contributed by atoms with Crippen molar-refractivity contribution in [3.63, 3.8) is 0 Å². The summed E-state index contributed by atoms with van der Waals surface area (Å²) in [7, 11) is 0. The smallest absolute Gasteiger partial charge is 0.255 e. The number of hydrogen-bond acceptors (Lipinski definition) is 8. The maximum absolute atomic E-state index is 14.1. The number of carbonyl (C=O) groups is 2. The summed E-state index contributed by atoms with van der Waals surface area (Å²) in [6.07, 6.45) is 0.304. The summed E-state index contributed by atoms with van der Waals surface area (Å²) in [4.78, 5) is 27.5. The van der Waals surface area contributed by atoms with Crippen molar-refractivity contribution < 1.29 is 23.8 Å². The molecule has 0 saturated carbocycles. The zero-order chi connectivity index (χ0) is 30.2. The first-order valence-corrected chi connectivity index (χ1v) is 15.0. The molecule has 2 aliphatic rings. The van der Waals surface area contributed by atoms with E-state index in [2.05, 4.69) is 41.9 Å². The van der Waals surface area contributed by atoms with Crippen LogP contribution >= 0.6 is 0 Å². The fourth-order valence-electron chi connectivity index (χ4n) is 5.94. The summed E-state index contributed by atoms with van der Waals surface area (Å²) >= 11 is 0. The lowest BCUT2D eigenvalue weighted by atomic mass is 9.74. The van der Waals surface area contributed by atoms with Gasteiger partial charge in [0.05, 0.1) is 26.4 Å². The molecule has 5 N–H and O–H groups in total. The van der Waals surface area contributed by atoms with E-state index in [4.69, 9.17) is 19.9 Å². The Bertz CT molecular complexity index is 1390. The van der Waals surface area contributed by atoms with Gasteiger partial charge >= 0.3 is 0 Å². The minimum Gasteiger partial charge on any atom is -0.456 e. The van der Waals surface area contributed by atoms with E-state index < -0.39 is 5.54 Å². The third-order valence-electron chi connectivity index (χ3n) is 7.69. The van der Waals surface area contributed by atoms with Crippen LogP contribution in [0.1, 0.15) is 47.3 Å². The van der Waals surface area contributed by atoms with Crippen LogP contribution in [0.3, 0.4) is 0 Å². The van der Waals surface area contributed by atoms with Gasteiger partial charge in [-0.15, -0.1) is 0 Å². The molecule has 0 unspecified atom stereocenters. The van der Waals surface area contributed by atoms with Crippen LogP contribution in [-0.2, 0) is 19.8 Å². The molecule has 0 aromatic heterocycles. The van der Waals surface area contributed by atoms with E-state index in [1.54, 1.807) is 0 Å². The second-order valence-electron chi connectivity index (χ2n) is 10.4. The zero-order valence-electron chi connectivity index (χ0n) is 24.9. The Morgan fingerprint density at radius 1 is 0.860 bits per heavy atom. The highest BCUT2D eigenvalue weighted by Gasteiger charge is 2.56. The standard InChI is InChI=1S/C33H41N5O5/c1-3-35-23-9-11-27-29(21-23)43-30-22-24(36-4-2)10-12-28(30)33(27)26-8-6-5-7-25(26)32(40)38(33)16-18-42-20-19-41-17-15-37-31(39)13-14-34/h5-12,21-22,35-36H,3-4,13-20,34H2,1-2H3,(H,37,39). The van der Waals surface area contributed by atoms with Gasteiger partial charge in [0.2, 0.25) is 5.91 Å². The molecule has 3 aromatic rings. The molecule has 0 radical (unpaired) electrons. The van der Waals surface area contributed by atoms with Gasteiger partial charge in [0.25, 0.3) is 5.91 Å². The fourth-order valence-corrected chi connectivity index (χ4v) is 5.94. The van der Waals surface area contributed by atoms with E-state index in [9.17, 15) is 9.59 Å². The van der Waals surface area contributed by atoms with Crippen LogP contribution in [0.2, 0.25) is 0 Å². The van der Waals surface area contributed by atoms with Crippen molar-refractivity contribution in [2.75, 3.05) is 69.8 Å². The summed E-state index contributed by atoms with van der Waals surface area (Å²) in [5.41, 5.74) is 9.84. The van der Waals surface area contributed by atoms with Gasteiger partial charge in [-0.2, -0.15) is 0 Å². The minimum absolute atomic E-state index is 0.0472. The van der Waals surface area contributed by atoms with Crippen molar-refractivity contribution in [3.05, 3.63) is 82.9 Å². The zero-order valence-corrected chi connectivity index (χ0v) is 24.9. The number of hydrogen-bond donors (Lipinski definition) is 4. The molecule has 2 amide bonds. The lowest BCUT2D eigenvalue weighted by Crippen LogP contribution is -2.48. The number of ether oxygens (including phenoxy) is 3. The van der Waals surface area contributed by atoms with Gasteiger partial charge in [-0.25, -0.2) is 0 Å². The van der Waals surface area contributed by atoms with E-state index in [-0.39, 0.29) is 11.8 Å². The Morgan fingerprint density at radius 3 is 2.12 bits per heavy atom. The van der Waals surface area contributed by atoms with Gasteiger partial charge in [-0.05, 0) is 37.6 Å². The van der Waals surface area contributed by atoms with Crippen LogP contribution in [-0.4, -0.2) is 75.9 Å². The van der Waals surface area contributed by atoms with E-state index in [0.717, 1.165) is 41.2 Å². The topological polar surface area (TPSA) is 127 Å². The third kappa shape index (κ3) is 6.04. The third-order valence-corrected chi connectivity index (χ3v) is 7.69. The Morgan fingerprint density at radius 2 is 1.49 bits per heavy atom. The van der Waals surface area contributed by atoms with Crippen molar-refractivity contribution >= 4 is 23.2 Å². The van der Waals surface area contributed by atoms with Crippen molar-refractivity contribution in [1.82, 2.24) is 10.2 Å². The highest BCUT2D eigenvalue weighted by Crippen LogP contribution is 2.57. The van der Waals surface area contributed by atoms with E-state index in [0.29, 0.717) is 69.5 Å². The normalized spacial score (nSPS) is 14.1. The first kappa shape index (κ1) is 30.3. The average molecular weight is 588 g/mol. The highest BCUT2D eigenvalue weighted by atomic mass is 16.5. The monoisotopic (exact) mass is 587 g/mol. The minimum atomic E-state index is -0.881. The van der Waals surface area contributed by atoms with Crippen LogP contribution in [0.25, 0.3) is 0 Å². The molecule has 0 aliphatic carbocycles. The molecule has 228 valence electrons. The van der Waals surface area contributed by atoms with E-state index in [1.165, 1.54) is 0 Å². The molecule has 1 spiro atoms. The predicted molar refractivity (Wildman–Crippen MR) is 167 cm³/mol. The SMILES string of the molecule is CCNc1ccc2c(c1)Oc1cc(NCC)ccc1C21c2ccccc2C(=O)N1CCOCCOCCNC(=O)CCN. The first-order valence-electron chi connectivity index (χ1n) is 15.0. The first-order chi connectivity index (χ1) is 21.0. The quantitative estimate of drug-likeness (QED) is 0.197. The number of benzene rings is 3. The van der Waals surface area contributed by atoms with Crippen LogP contribution in [0.4, 0.5) is 11.4 Å². The number of carbonyl (C=O) groups excluding carboxylic acids is 2. The Hall–Kier alpha value is -4.12. The molecule has 10 nitrogen and oxygen atoms in total. The van der Waals surface area contributed by atoms with Gasteiger partial charge < -0.3 is 40.8 Å². The molecule has 2 heterocycles. The molecule has 10 heteroatoms. The van der Waals surface area contributed by atoms with Crippen molar-refractivity contribution in [2.24, 2.45) is 5.73 Å². The number of nitrogens with zero attached hydrogens (tertiary/aromatic N) is 1. The van der Waals surface area contributed by atoms with Gasteiger partial charge in [0, 0.05) is 79.3 Å². The molecule has 0 saturated heterocycles. The van der Waals surface area contributed by atoms with Crippen molar-refractivity contribution in [1.29, 1.82) is 0 Å². The summed E-state index contributed by atoms with van der Waals surface area (Å²) in [6.45, 7) is 8.25. The number of rotatable bonds is 15. The van der Waals surface area contributed by atoms with Crippen LogP contribution < -0.4 is 26.4 Å². The van der Waals surface area contributed by atoms with Gasteiger partial charge in [0.15, 0.2) is 0 Å². The van der Waals surface area contributed by atoms with Crippen LogP contribution in [0.15, 0.2) is 60.7 Å². The van der Waals surface area contributed by atoms with Crippen LogP contribution in [0.5, 0.6) is 11.5 Å². The molecular weight excluding hydrogens is 546 g/mol. The second-order valence-corrected chi connectivity index (χ2v) is 10.4. The van der Waals surface area contributed by atoms with Gasteiger partial charge in [-0.1, -0.05) is 30.3 Å². The molecule has 0 fully saturated rings. The summed E-state index contributed by atoms with van der Waals surface area (Å²) in [5, 5.41) is 9.52. The summed E-state index contributed by atoms with van der Waals surface area (Å²) in [5.74, 6) is 1.29. The maximum atomic E-state index is 14.1. The van der Waals surface area contributed by atoms with E-state index in [1.807, 2.05) is 53.4 Å². The summed E-state index contributed by atoms with van der Waals surface area (Å²) < 4.78 is 18.1. The second kappa shape index (κ2) is 13.9. The fraction of sp³-hybridized carbons (Fsp3) is 0.394. The molecular formula is C33H41N5O5. The number of anilines is 2. The number of nitrogens with one attached hydrogen (secondary N) is 3. The van der Waals surface area contributed by atoms with Crippen molar-refractivity contribution in [2.45, 2.75) is 25.8 Å². The number of fused-ring (bicyclic) bond motifs is 6. The lowest BCUT2D eigenvalue weighted by molar-refractivity contribution is -0.121. The Labute approximate surface area is 252 Å². The molecule has 43 heavy (non-hydrogen) atoms. The summed E-state index contributed by atoms with van der Waals surface area (Å²) in [6, 6.07) is 20.1. The largest absolute Gasteiger partial charge is 0.456 e. The molecule has 3 aromatic carbocycles. The molecule has 5 rings (SSSR count). The van der Waals surface area contributed by atoms with E-state index >= 15 is 0 Å². The predicted octanol–water partition coefficient (Wildman–Crippen LogP) is 3.90. The molecule has 0 bridgehead atoms. The average Bonchev–Trinajstić information content (AvgIpc) is 3.24. The molecule has 2 aliphatic heterocycles. The number of amides is 2. The molecule has 0 atom stereocenters. The van der Waals surface area contributed by atoms with Gasteiger partial charge in [0.1, 0.15) is 17.0 Å².